The predicted molar refractivity (Wildman–Crippen MR) is 58.9 cm³/mol. The third kappa shape index (κ3) is 2.10. The molecule has 2 unspecified atom stereocenters. The van der Waals surface area contributed by atoms with E-state index >= 15 is 0 Å². The molecule has 0 aliphatic carbocycles. The lowest BCUT2D eigenvalue weighted by Crippen LogP contribution is -2.35. The van der Waals surface area contributed by atoms with Crippen LogP contribution in [0.15, 0.2) is 4.52 Å². The van der Waals surface area contributed by atoms with Gasteiger partial charge in [-0.2, -0.15) is 4.98 Å². The summed E-state index contributed by atoms with van der Waals surface area (Å²) in [5.41, 5.74) is 0. The number of hydrogen-bond acceptors (Lipinski definition) is 5. The molecular formula is C11H18N4O. The van der Waals surface area contributed by atoms with Crippen LogP contribution in [0.3, 0.4) is 0 Å². The van der Waals surface area contributed by atoms with Gasteiger partial charge >= 0.3 is 0 Å². The van der Waals surface area contributed by atoms with Crippen molar-refractivity contribution in [3.63, 3.8) is 0 Å². The van der Waals surface area contributed by atoms with Gasteiger partial charge in [0, 0.05) is 25.2 Å². The molecule has 0 aromatic carbocycles. The van der Waals surface area contributed by atoms with Gasteiger partial charge in [0.05, 0.1) is 6.54 Å². The number of aryl methyl sites for hydroxylation is 1. The molecule has 3 heterocycles. The summed E-state index contributed by atoms with van der Waals surface area (Å²) in [4.78, 5) is 6.68. The van der Waals surface area contributed by atoms with E-state index in [1.54, 1.807) is 0 Å². The lowest BCUT2D eigenvalue weighted by atomic mass is 10.1. The average molecular weight is 222 g/mol. The topological polar surface area (TPSA) is 54.2 Å². The van der Waals surface area contributed by atoms with E-state index in [4.69, 9.17) is 4.52 Å². The minimum absolute atomic E-state index is 0.663. The molecule has 5 heteroatoms. The van der Waals surface area contributed by atoms with Crippen LogP contribution in [0.4, 0.5) is 0 Å². The number of nitrogens with one attached hydrogen (secondary N) is 1. The molecule has 2 aliphatic rings. The average Bonchev–Trinajstić information content (AvgIpc) is 2.77. The standard InChI is InChI=1S/C11H18N4O/c1-8-12-11(16-14-8)7-15-5-4-9-2-3-10(6-15)13-9/h9-10,13H,2-7H2,1H3. The molecule has 2 saturated heterocycles. The Morgan fingerprint density at radius 3 is 3.06 bits per heavy atom. The Hall–Kier alpha value is -0.940. The molecule has 0 saturated carbocycles. The lowest BCUT2D eigenvalue weighted by Gasteiger charge is -2.21. The van der Waals surface area contributed by atoms with E-state index in [-0.39, 0.29) is 0 Å². The summed E-state index contributed by atoms with van der Waals surface area (Å²) in [7, 11) is 0. The molecule has 2 bridgehead atoms. The fourth-order valence-electron chi connectivity index (χ4n) is 2.75. The van der Waals surface area contributed by atoms with Gasteiger partial charge < -0.3 is 9.84 Å². The van der Waals surface area contributed by atoms with Gasteiger partial charge in [0.25, 0.3) is 0 Å². The number of nitrogens with zero attached hydrogens (tertiary/aromatic N) is 3. The van der Waals surface area contributed by atoms with Crippen LogP contribution in [0.5, 0.6) is 0 Å². The van der Waals surface area contributed by atoms with E-state index in [0.717, 1.165) is 37.4 Å². The summed E-state index contributed by atoms with van der Waals surface area (Å²) in [6, 6.07) is 1.40. The molecule has 1 aromatic rings. The van der Waals surface area contributed by atoms with Crippen LogP contribution in [0, 0.1) is 6.92 Å². The Bertz CT molecular complexity index is 365. The lowest BCUT2D eigenvalue weighted by molar-refractivity contribution is 0.216. The van der Waals surface area contributed by atoms with Crippen molar-refractivity contribution in [2.24, 2.45) is 0 Å². The van der Waals surface area contributed by atoms with Gasteiger partial charge in [-0.1, -0.05) is 5.16 Å². The maximum atomic E-state index is 5.16. The Morgan fingerprint density at radius 1 is 1.38 bits per heavy atom. The van der Waals surface area contributed by atoms with Crippen LogP contribution >= 0.6 is 0 Å². The summed E-state index contributed by atoms with van der Waals surface area (Å²) in [5.74, 6) is 1.47. The Kier molecular flexibility index (Phi) is 2.65. The first-order valence-corrected chi connectivity index (χ1v) is 6.07. The van der Waals surface area contributed by atoms with Crippen molar-refractivity contribution >= 4 is 0 Å². The van der Waals surface area contributed by atoms with E-state index in [1.165, 1.54) is 19.3 Å². The Morgan fingerprint density at radius 2 is 2.25 bits per heavy atom. The molecule has 1 aromatic heterocycles. The van der Waals surface area contributed by atoms with Crippen LogP contribution in [-0.2, 0) is 6.54 Å². The molecule has 5 nitrogen and oxygen atoms in total. The summed E-state index contributed by atoms with van der Waals surface area (Å²) >= 11 is 0. The van der Waals surface area contributed by atoms with Crippen LogP contribution in [0.25, 0.3) is 0 Å². The Balaban J connectivity index is 1.63. The molecule has 2 aliphatic heterocycles. The van der Waals surface area contributed by atoms with Crippen molar-refractivity contribution in [3.05, 3.63) is 11.7 Å². The van der Waals surface area contributed by atoms with Crippen LogP contribution in [0.2, 0.25) is 0 Å². The molecule has 16 heavy (non-hydrogen) atoms. The van der Waals surface area contributed by atoms with E-state index in [9.17, 15) is 0 Å². The van der Waals surface area contributed by atoms with Gasteiger partial charge in [0.2, 0.25) is 5.89 Å². The van der Waals surface area contributed by atoms with Crippen molar-refractivity contribution in [2.45, 2.75) is 44.8 Å². The predicted octanol–water partition coefficient (Wildman–Crippen LogP) is 0.704. The van der Waals surface area contributed by atoms with Gasteiger partial charge in [-0.15, -0.1) is 0 Å². The van der Waals surface area contributed by atoms with Gasteiger partial charge in [-0.05, 0) is 26.2 Å². The zero-order chi connectivity index (χ0) is 11.0. The molecule has 88 valence electrons. The number of aromatic nitrogens is 2. The zero-order valence-corrected chi connectivity index (χ0v) is 9.65. The molecular weight excluding hydrogens is 204 g/mol. The van der Waals surface area contributed by atoms with Gasteiger partial charge in [0.1, 0.15) is 0 Å². The minimum Gasteiger partial charge on any atom is -0.338 e. The first kappa shape index (κ1) is 10.2. The summed E-state index contributed by atoms with van der Waals surface area (Å²) in [6.07, 6.45) is 3.89. The Labute approximate surface area is 95.2 Å². The first-order chi connectivity index (χ1) is 7.79. The second-order valence-corrected chi connectivity index (χ2v) is 4.90. The molecule has 2 atom stereocenters. The maximum Gasteiger partial charge on any atom is 0.240 e. The monoisotopic (exact) mass is 222 g/mol. The molecule has 0 spiro atoms. The van der Waals surface area contributed by atoms with Crippen molar-refractivity contribution in [1.29, 1.82) is 0 Å². The van der Waals surface area contributed by atoms with E-state index in [1.807, 2.05) is 6.92 Å². The minimum atomic E-state index is 0.663. The van der Waals surface area contributed by atoms with Crippen LogP contribution in [0.1, 0.15) is 31.0 Å². The highest BCUT2D eigenvalue weighted by molar-refractivity contribution is 4.91. The third-order valence-electron chi connectivity index (χ3n) is 3.54. The maximum absolute atomic E-state index is 5.16. The van der Waals surface area contributed by atoms with Crippen molar-refractivity contribution in [3.8, 4) is 0 Å². The normalized spacial score (nSPS) is 30.6. The molecule has 3 rings (SSSR count). The summed E-state index contributed by atoms with van der Waals surface area (Å²) in [6.45, 7) is 4.90. The first-order valence-electron chi connectivity index (χ1n) is 6.07. The smallest absolute Gasteiger partial charge is 0.240 e. The largest absolute Gasteiger partial charge is 0.338 e. The SMILES string of the molecule is Cc1noc(CN2CCC3CCC(C2)N3)n1. The highest BCUT2D eigenvalue weighted by Crippen LogP contribution is 2.21. The third-order valence-corrected chi connectivity index (χ3v) is 3.54. The summed E-state index contributed by atoms with van der Waals surface area (Å²) < 4.78 is 5.16. The van der Waals surface area contributed by atoms with Crippen molar-refractivity contribution in [1.82, 2.24) is 20.4 Å². The second kappa shape index (κ2) is 4.14. The van der Waals surface area contributed by atoms with Gasteiger partial charge in [-0.25, -0.2) is 0 Å². The number of hydrogen-bond donors (Lipinski definition) is 1. The quantitative estimate of drug-likeness (QED) is 0.798. The zero-order valence-electron chi connectivity index (χ0n) is 9.65. The second-order valence-electron chi connectivity index (χ2n) is 4.90. The van der Waals surface area contributed by atoms with Gasteiger partial charge in [-0.3, -0.25) is 4.90 Å². The number of likely N-dealkylation sites (tertiary alicyclic amines) is 1. The molecule has 2 fully saturated rings. The van der Waals surface area contributed by atoms with E-state index in [0.29, 0.717) is 6.04 Å². The molecule has 0 amide bonds. The van der Waals surface area contributed by atoms with Crippen molar-refractivity contribution < 1.29 is 4.52 Å². The van der Waals surface area contributed by atoms with E-state index in [2.05, 4.69) is 20.4 Å². The molecule has 1 N–H and O–H groups in total. The fraction of sp³-hybridized carbons (Fsp3) is 0.818. The molecule has 0 radical (unpaired) electrons. The van der Waals surface area contributed by atoms with Crippen molar-refractivity contribution in [2.75, 3.05) is 13.1 Å². The summed E-state index contributed by atoms with van der Waals surface area (Å²) in [5, 5.41) is 7.49. The van der Waals surface area contributed by atoms with Crippen LogP contribution < -0.4 is 5.32 Å². The van der Waals surface area contributed by atoms with Gasteiger partial charge in [0.15, 0.2) is 5.82 Å². The highest BCUT2D eigenvalue weighted by Gasteiger charge is 2.29. The number of rotatable bonds is 2. The highest BCUT2D eigenvalue weighted by atomic mass is 16.5. The fourth-order valence-corrected chi connectivity index (χ4v) is 2.75. The number of fused-ring (bicyclic) bond motifs is 2. The van der Waals surface area contributed by atoms with Crippen LogP contribution in [-0.4, -0.2) is 40.2 Å². The van der Waals surface area contributed by atoms with E-state index < -0.39 is 0 Å².